The summed E-state index contributed by atoms with van der Waals surface area (Å²) in [5, 5.41) is 44.0. The first-order chi connectivity index (χ1) is 14.2. The molecular formula is C18H28N4O8-4. The summed E-state index contributed by atoms with van der Waals surface area (Å²) in [6.45, 7) is 1.23. The van der Waals surface area contributed by atoms with Crippen molar-refractivity contribution in [2.45, 2.75) is 12.8 Å². The number of carbonyl (C=O) groups is 4. The molecule has 12 nitrogen and oxygen atoms in total. The van der Waals surface area contributed by atoms with E-state index in [1.54, 1.807) is 19.6 Å². The number of aliphatic carboxylic acids is 4. The highest BCUT2D eigenvalue weighted by Crippen LogP contribution is 2.02. The van der Waals surface area contributed by atoms with Crippen LogP contribution in [0.5, 0.6) is 0 Å². The van der Waals surface area contributed by atoms with Gasteiger partial charge in [0.25, 0.3) is 0 Å². The smallest absolute Gasteiger partial charge is 0.0555 e. The van der Waals surface area contributed by atoms with Crippen molar-refractivity contribution >= 4 is 23.9 Å². The third-order valence-corrected chi connectivity index (χ3v) is 4.77. The molecule has 0 aromatic heterocycles. The average molecular weight is 428 g/mol. The second-order valence-corrected chi connectivity index (χ2v) is 7.30. The van der Waals surface area contributed by atoms with Crippen LogP contribution in [0.25, 0.3) is 0 Å². The molecule has 0 spiro atoms. The van der Waals surface area contributed by atoms with Crippen molar-refractivity contribution in [3.63, 3.8) is 0 Å². The molecule has 0 aromatic carbocycles. The maximum Gasteiger partial charge on any atom is 0.0555 e. The van der Waals surface area contributed by atoms with Crippen molar-refractivity contribution in [1.82, 2.24) is 19.6 Å². The van der Waals surface area contributed by atoms with Crippen LogP contribution in [0.3, 0.4) is 0 Å². The van der Waals surface area contributed by atoms with Crippen molar-refractivity contribution in [3.05, 3.63) is 0 Å². The largest absolute Gasteiger partial charge is 0.549 e. The van der Waals surface area contributed by atoms with E-state index in [9.17, 15) is 39.6 Å². The molecule has 0 atom stereocenters. The van der Waals surface area contributed by atoms with Crippen LogP contribution in [0.2, 0.25) is 0 Å². The van der Waals surface area contributed by atoms with Crippen LogP contribution >= 0.6 is 0 Å². The van der Waals surface area contributed by atoms with Crippen LogP contribution in [0, 0.1) is 0 Å². The lowest BCUT2D eigenvalue weighted by molar-refractivity contribution is -0.308. The van der Waals surface area contributed by atoms with E-state index in [-0.39, 0.29) is 52.4 Å². The normalized spacial score (nSPS) is 19.7. The monoisotopic (exact) mass is 428 g/mol. The van der Waals surface area contributed by atoms with Gasteiger partial charge < -0.3 is 39.6 Å². The molecule has 1 fully saturated rings. The molecule has 1 heterocycles. The first-order valence-electron chi connectivity index (χ1n) is 9.84. The van der Waals surface area contributed by atoms with Gasteiger partial charge >= 0.3 is 0 Å². The summed E-state index contributed by atoms with van der Waals surface area (Å²) in [5.41, 5.74) is 0. The lowest BCUT2D eigenvalue weighted by Gasteiger charge is -2.32. The minimum Gasteiger partial charge on any atom is -0.549 e. The van der Waals surface area contributed by atoms with Crippen molar-refractivity contribution < 1.29 is 39.6 Å². The van der Waals surface area contributed by atoms with Gasteiger partial charge in [-0.15, -0.1) is 0 Å². The topological polar surface area (TPSA) is 173 Å². The highest BCUT2D eigenvalue weighted by molar-refractivity contribution is 5.67. The molecule has 0 N–H and O–H groups in total. The molecule has 1 saturated heterocycles. The minimum absolute atomic E-state index is 0.282. The molecule has 0 aromatic rings. The Morgan fingerprint density at radius 2 is 0.633 bits per heavy atom. The van der Waals surface area contributed by atoms with Gasteiger partial charge in [-0.25, -0.2) is 0 Å². The number of carboxylic acid groups (broad SMARTS) is 4. The van der Waals surface area contributed by atoms with Crippen LogP contribution in [-0.4, -0.2) is 122 Å². The molecule has 30 heavy (non-hydrogen) atoms. The molecule has 1 rings (SSSR count). The van der Waals surface area contributed by atoms with Crippen molar-refractivity contribution in [1.29, 1.82) is 0 Å². The zero-order valence-corrected chi connectivity index (χ0v) is 17.0. The quantitative estimate of drug-likeness (QED) is 0.358. The van der Waals surface area contributed by atoms with Gasteiger partial charge in [0.05, 0.1) is 23.9 Å². The minimum atomic E-state index is -1.26. The van der Waals surface area contributed by atoms with E-state index >= 15 is 0 Å². The van der Waals surface area contributed by atoms with Gasteiger partial charge in [0.15, 0.2) is 0 Å². The summed E-state index contributed by atoms with van der Waals surface area (Å²) in [7, 11) is 0. The van der Waals surface area contributed by atoms with Gasteiger partial charge in [0.1, 0.15) is 0 Å². The Morgan fingerprint density at radius 3 is 0.800 bits per heavy atom. The summed E-state index contributed by atoms with van der Waals surface area (Å²) in [5.74, 6) is -5.03. The Labute approximate surface area is 175 Å². The van der Waals surface area contributed by atoms with Gasteiger partial charge in [0.2, 0.25) is 0 Å². The number of rotatable bonds is 8. The standard InChI is InChI=1S/C18H32N4O8/c23-15(24)11-19-3-1-4-20(12-16(25)26)8-10-22(14-18(29)30)6-2-5-21(9-7-19)13-17(27)28/h1-14H2,(H,23,24)(H,25,26)(H,27,28)(H,29,30)/p-4. The number of nitrogens with zero attached hydrogens (tertiary/aromatic N) is 4. The maximum atomic E-state index is 11.0. The highest BCUT2D eigenvalue weighted by Gasteiger charge is 2.15. The van der Waals surface area contributed by atoms with Crippen LogP contribution in [0.15, 0.2) is 0 Å². The fraction of sp³-hybridized carbons (Fsp3) is 0.778. The van der Waals surface area contributed by atoms with Gasteiger partial charge in [0, 0.05) is 52.4 Å². The van der Waals surface area contributed by atoms with E-state index in [2.05, 4.69) is 0 Å². The Balaban J connectivity index is 2.87. The first-order valence-corrected chi connectivity index (χ1v) is 9.84. The first kappa shape index (κ1) is 25.8. The Morgan fingerprint density at radius 1 is 0.433 bits per heavy atom. The molecule has 0 radical (unpaired) electrons. The molecule has 0 bridgehead atoms. The SMILES string of the molecule is O=C([O-])CN1CCCN(CC(=O)[O-])CCN(CC(=O)[O-])CCCN(CC(=O)[O-])CC1. The number of carboxylic acids is 4. The summed E-state index contributed by atoms with van der Waals surface area (Å²) in [4.78, 5) is 50.5. The summed E-state index contributed by atoms with van der Waals surface area (Å²) < 4.78 is 0. The van der Waals surface area contributed by atoms with E-state index in [0.717, 1.165) is 0 Å². The van der Waals surface area contributed by atoms with E-state index in [4.69, 9.17) is 0 Å². The molecule has 1 aliphatic rings. The van der Waals surface area contributed by atoms with Crippen LogP contribution in [0.4, 0.5) is 0 Å². The molecule has 0 unspecified atom stereocenters. The summed E-state index contributed by atoms with van der Waals surface area (Å²) in [6, 6.07) is 0. The van der Waals surface area contributed by atoms with E-state index in [0.29, 0.717) is 39.0 Å². The predicted molar refractivity (Wildman–Crippen MR) is 95.0 cm³/mol. The predicted octanol–water partition coefficient (Wildman–Crippen LogP) is -7.01. The second-order valence-electron chi connectivity index (χ2n) is 7.30. The van der Waals surface area contributed by atoms with Crippen LogP contribution < -0.4 is 20.4 Å². The molecular weight excluding hydrogens is 400 g/mol. The third-order valence-electron chi connectivity index (χ3n) is 4.77. The van der Waals surface area contributed by atoms with Crippen LogP contribution in [-0.2, 0) is 19.2 Å². The fourth-order valence-electron chi connectivity index (χ4n) is 3.41. The molecule has 0 aliphatic carbocycles. The molecule has 1 aliphatic heterocycles. The molecule has 0 amide bonds. The number of carbonyl (C=O) groups excluding carboxylic acids is 4. The zero-order chi connectivity index (χ0) is 22.5. The van der Waals surface area contributed by atoms with E-state index in [1.165, 1.54) is 0 Å². The van der Waals surface area contributed by atoms with Crippen molar-refractivity contribution in [2.24, 2.45) is 0 Å². The summed E-state index contributed by atoms with van der Waals surface area (Å²) in [6.07, 6.45) is 0.920. The Bertz CT molecular complexity index is 491. The Kier molecular flexibility index (Phi) is 11.9. The Hall–Kier alpha value is -2.28. The van der Waals surface area contributed by atoms with Gasteiger partial charge in [-0.3, -0.25) is 19.6 Å². The average Bonchev–Trinajstić information content (AvgIpc) is 2.60. The van der Waals surface area contributed by atoms with E-state index in [1.807, 2.05) is 0 Å². The molecule has 172 valence electrons. The van der Waals surface area contributed by atoms with Crippen LogP contribution in [0.1, 0.15) is 12.8 Å². The van der Waals surface area contributed by atoms with E-state index < -0.39 is 23.9 Å². The molecule has 12 heteroatoms. The zero-order valence-electron chi connectivity index (χ0n) is 17.0. The van der Waals surface area contributed by atoms with Crippen molar-refractivity contribution in [3.8, 4) is 0 Å². The van der Waals surface area contributed by atoms with Gasteiger partial charge in [-0.05, 0) is 39.0 Å². The van der Waals surface area contributed by atoms with Gasteiger partial charge in [-0.1, -0.05) is 0 Å². The number of hydrogen-bond donors (Lipinski definition) is 0. The lowest BCUT2D eigenvalue weighted by Crippen LogP contribution is -2.48. The number of hydrogen-bond acceptors (Lipinski definition) is 12. The van der Waals surface area contributed by atoms with Crippen molar-refractivity contribution in [2.75, 3.05) is 78.5 Å². The molecule has 0 saturated carbocycles. The van der Waals surface area contributed by atoms with Gasteiger partial charge in [-0.2, -0.15) is 0 Å². The maximum absolute atomic E-state index is 11.0. The summed E-state index contributed by atoms with van der Waals surface area (Å²) >= 11 is 0. The lowest BCUT2D eigenvalue weighted by atomic mass is 10.2. The highest BCUT2D eigenvalue weighted by atomic mass is 16.4. The fourth-order valence-corrected chi connectivity index (χ4v) is 3.41. The third kappa shape index (κ3) is 12.3. The second kappa shape index (κ2) is 13.9.